The van der Waals surface area contributed by atoms with Gasteiger partial charge in [-0.3, -0.25) is 4.98 Å². The van der Waals surface area contributed by atoms with E-state index in [1.807, 2.05) is 6.20 Å². The van der Waals surface area contributed by atoms with Crippen LogP contribution in [-0.2, 0) is 6.42 Å². The summed E-state index contributed by atoms with van der Waals surface area (Å²) in [4.78, 5) is 3.25. The van der Waals surface area contributed by atoms with Crippen molar-refractivity contribution in [2.24, 2.45) is 11.8 Å². The summed E-state index contributed by atoms with van der Waals surface area (Å²) in [6, 6.07) is 11.6. The van der Waals surface area contributed by atoms with Gasteiger partial charge >= 0.3 is 0 Å². The van der Waals surface area contributed by atoms with Crippen LogP contribution in [0.3, 0.4) is 0 Å². The Hall–Kier alpha value is -1.57. The van der Waals surface area contributed by atoms with E-state index >= 15 is 0 Å². The van der Waals surface area contributed by atoms with Crippen molar-refractivity contribution in [1.29, 1.82) is 0 Å². The van der Waals surface area contributed by atoms with E-state index < -0.39 is 0 Å². The SMILES string of the molecule is CCCCCCCCC(C(Cc1ccccc1)C(C)C)[n+]1cc[nH]c1. The average Bonchev–Trinajstić information content (AvgIpc) is 3.15. The average molecular weight is 342 g/mol. The molecule has 0 spiro atoms. The topological polar surface area (TPSA) is 19.7 Å². The van der Waals surface area contributed by atoms with E-state index in [1.165, 1.54) is 50.5 Å². The first kappa shape index (κ1) is 19.8. The molecule has 138 valence electrons. The lowest BCUT2D eigenvalue weighted by Crippen LogP contribution is -2.44. The molecular formula is C23H37N2+. The quantitative estimate of drug-likeness (QED) is 0.355. The van der Waals surface area contributed by atoms with E-state index in [4.69, 9.17) is 0 Å². The molecule has 1 aromatic heterocycles. The fourth-order valence-corrected chi connectivity index (χ4v) is 3.93. The van der Waals surface area contributed by atoms with Gasteiger partial charge in [-0.25, -0.2) is 4.57 Å². The zero-order chi connectivity index (χ0) is 17.9. The third-order valence-corrected chi connectivity index (χ3v) is 5.47. The Labute approximate surface area is 154 Å². The number of imidazole rings is 1. The molecule has 2 atom stereocenters. The second-order valence-electron chi connectivity index (χ2n) is 7.78. The van der Waals surface area contributed by atoms with Gasteiger partial charge in [-0.2, -0.15) is 0 Å². The van der Waals surface area contributed by atoms with Gasteiger partial charge in [0.1, 0.15) is 18.4 Å². The molecule has 2 rings (SSSR count). The number of nitrogens with one attached hydrogen (secondary N) is 1. The van der Waals surface area contributed by atoms with Crippen molar-refractivity contribution in [3.05, 3.63) is 54.6 Å². The Kier molecular flexibility index (Phi) is 8.79. The van der Waals surface area contributed by atoms with Crippen molar-refractivity contribution in [2.75, 3.05) is 0 Å². The maximum absolute atomic E-state index is 3.25. The fourth-order valence-electron chi connectivity index (χ4n) is 3.93. The number of aromatic nitrogens is 2. The van der Waals surface area contributed by atoms with E-state index in [-0.39, 0.29) is 0 Å². The molecule has 1 N–H and O–H groups in total. The summed E-state index contributed by atoms with van der Waals surface area (Å²) >= 11 is 0. The second-order valence-corrected chi connectivity index (χ2v) is 7.78. The minimum atomic E-state index is 0.581. The van der Waals surface area contributed by atoms with E-state index in [0.717, 1.165) is 6.42 Å². The smallest absolute Gasteiger partial charge is 0.241 e. The normalized spacial score (nSPS) is 13.9. The lowest BCUT2D eigenvalue weighted by atomic mass is 9.81. The molecule has 2 aromatic rings. The van der Waals surface area contributed by atoms with Crippen LogP contribution in [0.2, 0.25) is 0 Å². The van der Waals surface area contributed by atoms with Crippen molar-refractivity contribution in [2.45, 2.75) is 78.2 Å². The Morgan fingerprint density at radius 2 is 1.68 bits per heavy atom. The molecule has 0 aliphatic rings. The molecule has 0 bridgehead atoms. The number of H-pyrrole nitrogens is 1. The summed E-state index contributed by atoms with van der Waals surface area (Å²) < 4.78 is 2.42. The minimum Gasteiger partial charge on any atom is -0.250 e. The van der Waals surface area contributed by atoms with Crippen molar-refractivity contribution in [3.8, 4) is 0 Å². The largest absolute Gasteiger partial charge is 0.250 e. The summed E-state index contributed by atoms with van der Waals surface area (Å²) in [5, 5.41) is 0. The summed E-state index contributed by atoms with van der Waals surface area (Å²) in [7, 11) is 0. The predicted molar refractivity (Wildman–Crippen MR) is 106 cm³/mol. The highest BCUT2D eigenvalue weighted by molar-refractivity contribution is 5.15. The molecule has 0 amide bonds. The number of hydrogen-bond donors (Lipinski definition) is 1. The van der Waals surface area contributed by atoms with Crippen LogP contribution in [0, 0.1) is 11.8 Å². The first-order valence-corrected chi connectivity index (χ1v) is 10.3. The predicted octanol–water partition coefficient (Wildman–Crippen LogP) is 6.11. The van der Waals surface area contributed by atoms with Gasteiger partial charge in [0, 0.05) is 5.92 Å². The number of unbranched alkanes of at least 4 members (excludes halogenated alkanes) is 5. The van der Waals surface area contributed by atoms with Crippen LogP contribution in [0.4, 0.5) is 0 Å². The van der Waals surface area contributed by atoms with Gasteiger partial charge in [-0.05, 0) is 30.7 Å². The molecular weight excluding hydrogens is 304 g/mol. The lowest BCUT2D eigenvalue weighted by Gasteiger charge is -2.28. The van der Waals surface area contributed by atoms with Crippen LogP contribution in [0.5, 0.6) is 0 Å². The number of rotatable bonds is 12. The molecule has 2 nitrogen and oxygen atoms in total. The Balaban J connectivity index is 2.01. The van der Waals surface area contributed by atoms with Crippen LogP contribution in [0.25, 0.3) is 0 Å². The molecule has 0 saturated carbocycles. The zero-order valence-corrected chi connectivity index (χ0v) is 16.5. The van der Waals surface area contributed by atoms with E-state index in [0.29, 0.717) is 17.9 Å². The first-order valence-electron chi connectivity index (χ1n) is 10.3. The number of benzene rings is 1. The number of hydrogen-bond acceptors (Lipinski definition) is 0. The fraction of sp³-hybridized carbons (Fsp3) is 0.609. The molecule has 0 saturated heterocycles. The summed E-state index contributed by atoms with van der Waals surface area (Å²) in [6.45, 7) is 7.06. The minimum absolute atomic E-state index is 0.581. The number of nitrogens with zero attached hydrogens (tertiary/aromatic N) is 1. The molecule has 0 fully saturated rings. The molecule has 2 unspecified atom stereocenters. The van der Waals surface area contributed by atoms with Gasteiger partial charge in [-0.1, -0.05) is 83.2 Å². The van der Waals surface area contributed by atoms with Crippen molar-refractivity contribution >= 4 is 0 Å². The highest BCUT2D eigenvalue weighted by atomic mass is 15.1. The molecule has 1 aromatic carbocycles. The van der Waals surface area contributed by atoms with Gasteiger partial charge in [0.25, 0.3) is 0 Å². The van der Waals surface area contributed by atoms with Crippen LogP contribution in [0.1, 0.15) is 77.3 Å². The van der Waals surface area contributed by atoms with Gasteiger partial charge in [0.2, 0.25) is 6.33 Å². The molecule has 0 radical (unpaired) electrons. The molecule has 0 aliphatic heterocycles. The van der Waals surface area contributed by atoms with E-state index in [1.54, 1.807) is 0 Å². The van der Waals surface area contributed by atoms with Gasteiger partial charge < -0.3 is 0 Å². The molecule has 0 aliphatic carbocycles. The van der Waals surface area contributed by atoms with Crippen molar-refractivity contribution < 1.29 is 4.57 Å². The lowest BCUT2D eigenvalue weighted by molar-refractivity contribution is -0.731. The summed E-state index contributed by atoms with van der Waals surface area (Å²) in [5.41, 5.74) is 1.46. The second kappa shape index (κ2) is 11.1. The highest BCUT2D eigenvalue weighted by Crippen LogP contribution is 2.30. The zero-order valence-electron chi connectivity index (χ0n) is 16.5. The standard InChI is InChI=1S/C23H36N2/c1-4-5-6-7-8-12-15-23(25-17-16-24-19-25)22(20(2)3)18-21-13-10-9-11-14-21/h9-11,13-14,16-17,19-20,22-23H,4-8,12,15,18H2,1-3H3/p+1. The molecule has 25 heavy (non-hydrogen) atoms. The van der Waals surface area contributed by atoms with Crippen LogP contribution in [-0.4, -0.2) is 4.98 Å². The maximum atomic E-state index is 3.25. The maximum Gasteiger partial charge on any atom is 0.241 e. The summed E-state index contributed by atoms with van der Waals surface area (Å²) in [6.07, 6.45) is 17.1. The Morgan fingerprint density at radius 1 is 0.960 bits per heavy atom. The third kappa shape index (κ3) is 6.68. The number of aromatic amines is 1. The summed E-state index contributed by atoms with van der Waals surface area (Å²) in [5.74, 6) is 1.34. The van der Waals surface area contributed by atoms with E-state index in [2.05, 4.69) is 73.2 Å². The van der Waals surface area contributed by atoms with E-state index in [9.17, 15) is 0 Å². The van der Waals surface area contributed by atoms with Gasteiger partial charge in [-0.15, -0.1) is 0 Å². The molecule has 2 heteroatoms. The third-order valence-electron chi connectivity index (χ3n) is 5.47. The van der Waals surface area contributed by atoms with Crippen molar-refractivity contribution in [3.63, 3.8) is 0 Å². The van der Waals surface area contributed by atoms with Gasteiger partial charge in [0.05, 0.1) is 0 Å². The Morgan fingerprint density at radius 3 is 2.32 bits per heavy atom. The first-order chi connectivity index (χ1) is 12.2. The monoisotopic (exact) mass is 341 g/mol. The molecule has 1 heterocycles. The Bertz CT molecular complexity index is 545. The van der Waals surface area contributed by atoms with Crippen LogP contribution >= 0.6 is 0 Å². The van der Waals surface area contributed by atoms with Crippen LogP contribution in [0.15, 0.2) is 49.1 Å². The van der Waals surface area contributed by atoms with Crippen LogP contribution < -0.4 is 4.57 Å². The highest BCUT2D eigenvalue weighted by Gasteiger charge is 2.29. The van der Waals surface area contributed by atoms with Crippen molar-refractivity contribution in [1.82, 2.24) is 4.98 Å². The van der Waals surface area contributed by atoms with Gasteiger partial charge in [0.15, 0.2) is 0 Å².